The maximum atomic E-state index is 13.5. The van der Waals surface area contributed by atoms with Crippen molar-refractivity contribution in [1.82, 2.24) is 9.80 Å². The molecular weight excluding hydrogens is 371 g/mol. The Kier molecular flexibility index (Phi) is 7.16. The molecule has 0 bridgehead atoms. The molecule has 1 unspecified atom stereocenters. The minimum absolute atomic E-state index is 0.161. The molecule has 3 fully saturated rings. The maximum Gasteiger partial charge on any atom is 0.237 e. The minimum atomic E-state index is -0.239. The Labute approximate surface area is 173 Å². The fourth-order valence-corrected chi connectivity index (χ4v) is 4.98. The van der Waals surface area contributed by atoms with Crippen molar-refractivity contribution in [2.45, 2.75) is 76.3 Å². The summed E-state index contributed by atoms with van der Waals surface area (Å²) in [6.45, 7) is 3.16. The van der Waals surface area contributed by atoms with Crippen LogP contribution in [0.15, 0.2) is 24.3 Å². The van der Waals surface area contributed by atoms with Gasteiger partial charge in [-0.2, -0.15) is 0 Å². The molecule has 3 aliphatic rings. The first kappa shape index (κ1) is 20.8. The van der Waals surface area contributed by atoms with E-state index in [0.717, 1.165) is 44.2 Å². The van der Waals surface area contributed by atoms with Crippen molar-refractivity contribution in [1.29, 1.82) is 0 Å². The molecule has 0 N–H and O–H groups in total. The van der Waals surface area contributed by atoms with Crippen LogP contribution >= 0.6 is 0 Å². The van der Waals surface area contributed by atoms with Crippen LogP contribution in [0.2, 0.25) is 0 Å². The van der Waals surface area contributed by atoms with Crippen LogP contribution < -0.4 is 0 Å². The van der Waals surface area contributed by atoms with E-state index in [1.54, 1.807) is 12.1 Å². The molecule has 1 saturated carbocycles. The number of benzene rings is 1. The number of ether oxygens (including phenoxy) is 2. The van der Waals surface area contributed by atoms with Gasteiger partial charge in [-0.1, -0.05) is 37.8 Å². The van der Waals surface area contributed by atoms with E-state index in [-0.39, 0.29) is 30.1 Å². The number of piperidine rings is 1. The number of hydrogen-bond donors (Lipinski definition) is 0. The standard InChI is InChI=1S/C23H33FN2O3/c24-19-11-9-18(10-12-19)16-26(20-6-2-1-3-7-20)22(27)17-25-13-5-4-8-21(25)23-28-14-15-29-23/h9-12,20-21,23H,1-8,13-17H2. The van der Waals surface area contributed by atoms with E-state index < -0.39 is 0 Å². The highest BCUT2D eigenvalue weighted by atomic mass is 19.1. The van der Waals surface area contributed by atoms with E-state index in [4.69, 9.17) is 9.47 Å². The van der Waals surface area contributed by atoms with Crippen molar-refractivity contribution in [3.05, 3.63) is 35.6 Å². The SMILES string of the molecule is O=C(CN1CCCCC1C1OCCO1)N(Cc1ccc(F)cc1)C1CCCCC1. The summed E-state index contributed by atoms with van der Waals surface area (Å²) >= 11 is 0. The quantitative estimate of drug-likeness (QED) is 0.725. The van der Waals surface area contributed by atoms with Gasteiger partial charge in [0.25, 0.3) is 0 Å². The first-order valence-corrected chi connectivity index (χ1v) is 11.2. The molecule has 0 spiro atoms. The molecule has 29 heavy (non-hydrogen) atoms. The number of amides is 1. The molecule has 2 saturated heterocycles. The molecule has 0 radical (unpaired) electrons. The third-order valence-electron chi connectivity index (χ3n) is 6.57. The minimum Gasteiger partial charge on any atom is -0.349 e. The van der Waals surface area contributed by atoms with Crippen LogP contribution in [0.4, 0.5) is 4.39 Å². The second kappa shape index (κ2) is 10.0. The normalized spacial score (nSPS) is 24.7. The number of carbonyl (C=O) groups is 1. The van der Waals surface area contributed by atoms with Crippen molar-refractivity contribution in [2.75, 3.05) is 26.3 Å². The molecule has 1 aliphatic carbocycles. The Morgan fingerprint density at radius 3 is 2.41 bits per heavy atom. The Morgan fingerprint density at radius 1 is 1.00 bits per heavy atom. The third kappa shape index (κ3) is 5.36. The molecule has 5 nitrogen and oxygen atoms in total. The van der Waals surface area contributed by atoms with Gasteiger partial charge in [0.05, 0.1) is 25.8 Å². The molecule has 1 atom stereocenters. The van der Waals surface area contributed by atoms with Crippen molar-refractivity contribution in [3.63, 3.8) is 0 Å². The Bertz CT molecular complexity index is 657. The highest BCUT2D eigenvalue weighted by molar-refractivity contribution is 5.78. The molecule has 1 aromatic carbocycles. The number of carbonyl (C=O) groups excluding carboxylic acids is 1. The zero-order chi connectivity index (χ0) is 20.1. The summed E-state index contributed by atoms with van der Waals surface area (Å²) in [6.07, 6.45) is 8.79. The van der Waals surface area contributed by atoms with Crippen molar-refractivity contribution in [2.24, 2.45) is 0 Å². The zero-order valence-corrected chi connectivity index (χ0v) is 17.2. The fourth-order valence-electron chi connectivity index (χ4n) is 4.98. The number of likely N-dealkylation sites (tertiary alicyclic amines) is 1. The van der Waals surface area contributed by atoms with E-state index in [9.17, 15) is 9.18 Å². The summed E-state index contributed by atoms with van der Waals surface area (Å²) in [5.74, 6) is -0.0665. The molecule has 6 heteroatoms. The summed E-state index contributed by atoms with van der Waals surface area (Å²) in [7, 11) is 0. The largest absolute Gasteiger partial charge is 0.349 e. The molecule has 160 valence electrons. The second-order valence-electron chi connectivity index (χ2n) is 8.58. The lowest BCUT2D eigenvalue weighted by molar-refractivity contribution is -0.143. The molecule has 0 aromatic heterocycles. The smallest absolute Gasteiger partial charge is 0.237 e. The summed E-state index contributed by atoms with van der Waals surface area (Å²) in [5.41, 5.74) is 0.989. The Hall–Kier alpha value is -1.50. The summed E-state index contributed by atoms with van der Waals surface area (Å²) in [6, 6.07) is 6.99. The Morgan fingerprint density at radius 2 is 1.69 bits per heavy atom. The third-order valence-corrected chi connectivity index (χ3v) is 6.57. The summed E-state index contributed by atoms with van der Waals surface area (Å²) in [4.78, 5) is 17.8. The van der Waals surface area contributed by atoms with Crippen LogP contribution in [0.3, 0.4) is 0 Å². The zero-order valence-electron chi connectivity index (χ0n) is 17.2. The number of hydrogen-bond acceptors (Lipinski definition) is 4. The number of nitrogens with zero attached hydrogens (tertiary/aromatic N) is 2. The van der Waals surface area contributed by atoms with Gasteiger partial charge in [-0.15, -0.1) is 0 Å². The van der Waals surface area contributed by atoms with Gasteiger partial charge in [0.1, 0.15) is 5.82 Å². The molecule has 4 rings (SSSR count). The highest BCUT2D eigenvalue weighted by Gasteiger charge is 2.36. The van der Waals surface area contributed by atoms with E-state index in [1.807, 2.05) is 0 Å². The van der Waals surface area contributed by atoms with E-state index in [0.29, 0.717) is 26.3 Å². The van der Waals surface area contributed by atoms with Crippen LogP contribution in [0.5, 0.6) is 0 Å². The van der Waals surface area contributed by atoms with Gasteiger partial charge in [-0.05, 0) is 49.9 Å². The summed E-state index contributed by atoms with van der Waals surface area (Å²) in [5, 5.41) is 0. The lowest BCUT2D eigenvalue weighted by atomic mass is 9.93. The van der Waals surface area contributed by atoms with Crippen LogP contribution in [-0.2, 0) is 20.8 Å². The first-order chi connectivity index (χ1) is 14.2. The van der Waals surface area contributed by atoms with E-state index >= 15 is 0 Å². The van der Waals surface area contributed by atoms with E-state index in [1.165, 1.54) is 31.4 Å². The maximum absolute atomic E-state index is 13.5. The lowest BCUT2D eigenvalue weighted by Crippen LogP contribution is -2.53. The highest BCUT2D eigenvalue weighted by Crippen LogP contribution is 2.27. The predicted molar refractivity (Wildman–Crippen MR) is 109 cm³/mol. The summed E-state index contributed by atoms with van der Waals surface area (Å²) < 4.78 is 24.9. The molecule has 1 amide bonds. The topological polar surface area (TPSA) is 42.0 Å². The molecule has 2 heterocycles. The average molecular weight is 405 g/mol. The van der Waals surface area contributed by atoms with Crippen LogP contribution in [0, 0.1) is 5.82 Å². The molecular formula is C23H33FN2O3. The van der Waals surface area contributed by atoms with Gasteiger partial charge in [-0.3, -0.25) is 9.69 Å². The van der Waals surface area contributed by atoms with Gasteiger partial charge in [0.15, 0.2) is 6.29 Å². The van der Waals surface area contributed by atoms with E-state index in [2.05, 4.69) is 9.80 Å². The predicted octanol–water partition coefficient (Wildman–Crippen LogP) is 3.71. The lowest BCUT2D eigenvalue weighted by Gasteiger charge is -2.40. The van der Waals surface area contributed by atoms with Crippen molar-refractivity contribution < 1.29 is 18.7 Å². The van der Waals surface area contributed by atoms with Crippen LogP contribution in [-0.4, -0.2) is 60.4 Å². The number of halogens is 1. The van der Waals surface area contributed by atoms with Gasteiger partial charge < -0.3 is 14.4 Å². The monoisotopic (exact) mass is 404 g/mol. The van der Waals surface area contributed by atoms with Crippen LogP contribution in [0.25, 0.3) is 0 Å². The Balaban J connectivity index is 1.46. The van der Waals surface area contributed by atoms with Crippen LogP contribution in [0.1, 0.15) is 56.9 Å². The molecule has 1 aromatic rings. The second-order valence-corrected chi connectivity index (χ2v) is 8.58. The van der Waals surface area contributed by atoms with Gasteiger partial charge in [0.2, 0.25) is 5.91 Å². The fraction of sp³-hybridized carbons (Fsp3) is 0.696. The van der Waals surface area contributed by atoms with Gasteiger partial charge >= 0.3 is 0 Å². The van der Waals surface area contributed by atoms with Crippen molar-refractivity contribution >= 4 is 5.91 Å². The molecule has 2 aliphatic heterocycles. The van der Waals surface area contributed by atoms with Gasteiger partial charge in [0, 0.05) is 12.6 Å². The first-order valence-electron chi connectivity index (χ1n) is 11.2. The average Bonchev–Trinajstić information content (AvgIpc) is 3.29. The number of rotatable bonds is 6. The van der Waals surface area contributed by atoms with Crippen molar-refractivity contribution in [3.8, 4) is 0 Å². The van der Waals surface area contributed by atoms with Gasteiger partial charge in [-0.25, -0.2) is 4.39 Å².